The molecule has 4 heteroatoms. The minimum atomic E-state index is 0.0385. The van der Waals surface area contributed by atoms with E-state index < -0.39 is 0 Å². The molecule has 0 spiro atoms. The van der Waals surface area contributed by atoms with Gasteiger partial charge in [-0.1, -0.05) is 114 Å². The first kappa shape index (κ1) is 31.0. The molecule has 224 valence electrons. The van der Waals surface area contributed by atoms with Crippen molar-refractivity contribution in [2.45, 2.75) is 78.6 Å². The number of rotatable bonds is 0. The zero-order valence-electron chi connectivity index (χ0n) is 27.0. The zero-order valence-corrected chi connectivity index (χ0v) is 27.0. The van der Waals surface area contributed by atoms with Gasteiger partial charge in [-0.05, 0) is 78.6 Å². The van der Waals surface area contributed by atoms with E-state index in [4.69, 9.17) is 20.0 Å². The van der Waals surface area contributed by atoms with E-state index in [2.05, 4.69) is 126 Å². The van der Waals surface area contributed by atoms with Gasteiger partial charge in [0.05, 0.1) is 26.2 Å². The van der Waals surface area contributed by atoms with E-state index in [9.17, 15) is 0 Å². The van der Waals surface area contributed by atoms with Crippen LogP contribution in [0.5, 0.6) is 0 Å². The molecule has 0 saturated heterocycles. The van der Waals surface area contributed by atoms with Crippen LogP contribution in [0.15, 0.2) is 105 Å². The van der Waals surface area contributed by atoms with Crippen molar-refractivity contribution < 1.29 is 0 Å². The summed E-state index contributed by atoms with van der Waals surface area (Å²) in [6.07, 6.45) is 7.85. The minimum absolute atomic E-state index is 0.0385. The predicted molar refractivity (Wildman–Crippen MR) is 188 cm³/mol. The van der Waals surface area contributed by atoms with Gasteiger partial charge in [-0.3, -0.25) is 20.0 Å². The van der Waals surface area contributed by atoms with Gasteiger partial charge < -0.3 is 0 Å². The van der Waals surface area contributed by atoms with Gasteiger partial charge >= 0.3 is 0 Å². The van der Waals surface area contributed by atoms with Crippen LogP contribution < -0.4 is 0 Å². The van der Waals surface area contributed by atoms with E-state index >= 15 is 0 Å². The summed E-state index contributed by atoms with van der Waals surface area (Å²) in [5.41, 5.74) is 11.7. The summed E-state index contributed by atoms with van der Waals surface area (Å²) in [6.45, 7) is 16.0. The van der Waals surface area contributed by atoms with E-state index in [1.54, 1.807) is 0 Å². The van der Waals surface area contributed by atoms with Crippen molar-refractivity contribution in [2.24, 2.45) is 20.0 Å². The Kier molecular flexibility index (Phi) is 9.49. The molecule has 0 unspecified atom stereocenters. The molecule has 4 aromatic carbocycles. The Morgan fingerprint density at radius 3 is 0.909 bits per heavy atom. The highest BCUT2D eigenvalue weighted by Gasteiger charge is 2.16. The third kappa shape index (κ3) is 8.79. The van der Waals surface area contributed by atoms with Crippen LogP contribution in [0, 0.1) is 0 Å². The molecule has 4 nitrogen and oxygen atoms in total. The maximum atomic E-state index is 4.82. The van der Waals surface area contributed by atoms with Crippen LogP contribution in [0.1, 0.15) is 97.2 Å². The van der Waals surface area contributed by atoms with Gasteiger partial charge in [-0.2, -0.15) is 0 Å². The molecule has 0 fully saturated rings. The SMILES string of the molecule is CC(C)(C)c1cc2cc(c1)CN=Cc1cccc(c1)C=NCc1cc(cc(C(C)(C)C)c1)CN=Cc1cccc(c1)C=NC2. The summed E-state index contributed by atoms with van der Waals surface area (Å²) in [5.74, 6) is 0. The van der Waals surface area contributed by atoms with Gasteiger partial charge in [0.2, 0.25) is 0 Å². The highest BCUT2D eigenvalue weighted by Crippen LogP contribution is 2.27. The summed E-state index contributed by atoms with van der Waals surface area (Å²) in [7, 11) is 0. The molecule has 1 aliphatic rings. The second-order valence-electron chi connectivity index (χ2n) is 13.8. The van der Waals surface area contributed by atoms with E-state index in [0.717, 1.165) is 22.3 Å². The summed E-state index contributed by atoms with van der Waals surface area (Å²) in [5, 5.41) is 0. The van der Waals surface area contributed by atoms with Gasteiger partial charge in [0, 0.05) is 24.9 Å². The Morgan fingerprint density at radius 2 is 0.659 bits per heavy atom. The molecule has 0 N–H and O–H groups in total. The smallest absolute Gasteiger partial charge is 0.0640 e. The van der Waals surface area contributed by atoms with Crippen LogP contribution in [0.3, 0.4) is 0 Å². The molecule has 0 aliphatic carbocycles. The molecule has 1 heterocycles. The molecular formula is C40H44N4. The average Bonchev–Trinajstić information content (AvgIpc) is 2.96. The minimum Gasteiger partial charge on any atom is -0.288 e. The van der Waals surface area contributed by atoms with Crippen LogP contribution in [-0.4, -0.2) is 24.9 Å². The van der Waals surface area contributed by atoms with Crippen molar-refractivity contribution in [3.63, 3.8) is 0 Å². The highest BCUT2D eigenvalue weighted by molar-refractivity contribution is 5.87. The number of benzene rings is 4. The molecule has 0 radical (unpaired) electrons. The molecule has 0 atom stereocenters. The monoisotopic (exact) mass is 580 g/mol. The number of nitrogens with zero attached hydrogens (tertiary/aromatic N) is 4. The number of fused-ring (bicyclic) bond motifs is 8. The standard InChI is InChI=1S/C40H44N4/c1-39(2,3)37-17-33-15-34(18-37)26-42-22-30-10-8-12-32(14-30)24-44-28-36-16-35(19-38(20-36)40(4,5)6)27-43-23-31-11-7-9-29(13-31)21-41-25-33/h7-24H,25-28H2,1-6H3. The van der Waals surface area contributed by atoms with Crippen molar-refractivity contribution in [3.05, 3.63) is 141 Å². The third-order valence-electron chi connectivity index (χ3n) is 7.72. The van der Waals surface area contributed by atoms with Crippen molar-refractivity contribution in [3.8, 4) is 0 Å². The first-order valence-electron chi connectivity index (χ1n) is 15.5. The Bertz CT molecular complexity index is 1500. The zero-order chi connectivity index (χ0) is 31.2. The predicted octanol–water partition coefficient (Wildman–Crippen LogP) is 9.07. The van der Waals surface area contributed by atoms with Crippen molar-refractivity contribution >= 4 is 24.9 Å². The molecular weight excluding hydrogens is 536 g/mol. The average molecular weight is 581 g/mol. The van der Waals surface area contributed by atoms with Gasteiger partial charge in [-0.15, -0.1) is 0 Å². The van der Waals surface area contributed by atoms with Crippen molar-refractivity contribution in [1.82, 2.24) is 0 Å². The summed E-state index contributed by atoms with van der Waals surface area (Å²) in [4.78, 5) is 19.3. The molecule has 5 rings (SSSR count). The van der Waals surface area contributed by atoms with E-state index in [1.165, 1.54) is 33.4 Å². The van der Waals surface area contributed by atoms with E-state index in [-0.39, 0.29) is 10.8 Å². The van der Waals surface area contributed by atoms with Crippen LogP contribution in [-0.2, 0) is 37.0 Å². The van der Waals surface area contributed by atoms with E-state index in [0.29, 0.717) is 26.2 Å². The molecule has 0 aromatic heterocycles. The fraction of sp³-hybridized carbons (Fsp3) is 0.300. The third-order valence-corrected chi connectivity index (χ3v) is 7.72. The summed E-state index contributed by atoms with van der Waals surface area (Å²) < 4.78 is 0. The van der Waals surface area contributed by atoms with Crippen LogP contribution in [0.2, 0.25) is 0 Å². The van der Waals surface area contributed by atoms with Gasteiger partial charge in [0.1, 0.15) is 0 Å². The van der Waals surface area contributed by atoms with Crippen molar-refractivity contribution in [1.29, 1.82) is 0 Å². The molecule has 0 saturated carbocycles. The van der Waals surface area contributed by atoms with Crippen LogP contribution in [0.25, 0.3) is 0 Å². The maximum absolute atomic E-state index is 4.82. The largest absolute Gasteiger partial charge is 0.288 e. The Labute approximate surface area is 263 Å². The van der Waals surface area contributed by atoms with Crippen molar-refractivity contribution in [2.75, 3.05) is 0 Å². The molecule has 44 heavy (non-hydrogen) atoms. The molecule has 4 aromatic rings. The second-order valence-corrected chi connectivity index (χ2v) is 13.8. The summed E-state index contributed by atoms with van der Waals surface area (Å²) in [6, 6.07) is 30.3. The number of aliphatic imine (C=N–C) groups is 4. The van der Waals surface area contributed by atoms with Gasteiger partial charge in [0.25, 0.3) is 0 Å². The molecule has 8 bridgehead atoms. The lowest BCUT2D eigenvalue weighted by Gasteiger charge is -2.21. The Morgan fingerprint density at radius 1 is 0.386 bits per heavy atom. The van der Waals surface area contributed by atoms with Gasteiger partial charge in [0.15, 0.2) is 0 Å². The first-order chi connectivity index (χ1) is 21.0. The Balaban J connectivity index is 1.50. The van der Waals surface area contributed by atoms with Gasteiger partial charge in [-0.25, -0.2) is 0 Å². The Hall–Kier alpha value is -4.44. The topological polar surface area (TPSA) is 49.4 Å². The number of hydrogen-bond donors (Lipinski definition) is 0. The lowest BCUT2D eigenvalue weighted by atomic mass is 9.85. The number of hydrogen-bond acceptors (Lipinski definition) is 4. The second kappa shape index (κ2) is 13.5. The fourth-order valence-corrected chi connectivity index (χ4v) is 5.22. The fourth-order valence-electron chi connectivity index (χ4n) is 5.22. The van der Waals surface area contributed by atoms with Crippen LogP contribution in [0.4, 0.5) is 0 Å². The first-order valence-corrected chi connectivity index (χ1v) is 15.5. The van der Waals surface area contributed by atoms with Crippen LogP contribution >= 0.6 is 0 Å². The normalized spacial score (nSPS) is 14.3. The lowest BCUT2D eigenvalue weighted by Crippen LogP contribution is -2.12. The maximum Gasteiger partial charge on any atom is 0.0640 e. The lowest BCUT2D eigenvalue weighted by molar-refractivity contribution is 0.588. The summed E-state index contributed by atoms with van der Waals surface area (Å²) >= 11 is 0. The van der Waals surface area contributed by atoms with E-state index in [1.807, 2.05) is 24.9 Å². The quantitative estimate of drug-likeness (QED) is 0.199. The molecule has 1 aliphatic heterocycles. The molecule has 0 amide bonds. The highest BCUT2D eigenvalue weighted by atomic mass is 14.7.